The number of carbonyl (C=O) groups is 1. The molecule has 1 fully saturated rings. The third kappa shape index (κ3) is 6.66. The van der Waals surface area contributed by atoms with Gasteiger partial charge in [-0.2, -0.15) is 0 Å². The molecule has 1 aromatic carbocycles. The van der Waals surface area contributed by atoms with Crippen LogP contribution >= 0.6 is 24.0 Å². The maximum absolute atomic E-state index is 12.3. The Balaban J connectivity index is 0.00000261. The summed E-state index contributed by atoms with van der Waals surface area (Å²) in [5.74, 6) is 0.739. The normalized spacial score (nSPS) is 17.0. The van der Waals surface area contributed by atoms with Crippen molar-refractivity contribution < 1.29 is 9.53 Å². The molecule has 146 valence electrons. The molecule has 8 heteroatoms. The van der Waals surface area contributed by atoms with Gasteiger partial charge in [0.1, 0.15) is 12.4 Å². The first-order valence-corrected chi connectivity index (χ1v) is 9.10. The monoisotopic (exact) mass is 410 g/mol. The summed E-state index contributed by atoms with van der Waals surface area (Å²) in [5, 5.41) is 6.97. The number of aromatic nitrogens is 1. The Morgan fingerprint density at radius 3 is 2.89 bits per heavy atom. The minimum atomic E-state index is 0. The number of rotatable bonds is 7. The van der Waals surface area contributed by atoms with E-state index in [1.165, 1.54) is 0 Å². The summed E-state index contributed by atoms with van der Waals surface area (Å²) in [7, 11) is 0. The van der Waals surface area contributed by atoms with Crippen LogP contribution < -0.4 is 15.4 Å². The average Bonchev–Trinajstić information content (AvgIpc) is 2.68. The molecule has 2 N–H and O–H groups in total. The third-order valence-corrected chi connectivity index (χ3v) is 4.53. The van der Waals surface area contributed by atoms with Crippen molar-refractivity contribution in [1.82, 2.24) is 20.5 Å². The van der Waals surface area contributed by atoms with Crippen LogP contribution in [0.15, 0.2) is 48.8 Å². The predicted molar refractivity (Wildman–Crippen MR) is 109 cm³/mol. The maximum atomic E-state index is 12.3. The number of piperazine rings is 1. The number of carbonyl (C=O) groups excluding carboxylic acids is 1. The molecule has 1 aliphatic rings. The van der Waals surface area contributed by atoms with Crippen LogP contribution in [0.4, 0.5) is 0 Å². The molecule has 27 heavy (non-hydrogen) atoms. The van der Waals surface area contributed by atoms with Gasteiger partial charge in [-0.15, -0.1) is 12.4 Å². The summed E-state index contributed by atoms with van der Waals surface area (Å²) in [6, 6.07) is 11.3. The molecular weight excluding hydrogens is 387 g/mol. The van der Waals surface area contributed by atoms with Crippen LogP contribution in [0.2, 0.25) is 5.02 Å². The SMILES string of the molecule is Cl.O=C(CN1CCNCC1c1cccnc1)NCCOc1ccc(Cl)cc1. The number of amides is 1. The molecule has 3 rings (SSSR count). The predicted octanol–water partition coefficient (Wildman–Crippen LogP) is 2.30. The molecule has 1 saturated heterocycles. The van der Waals surface area contributed by atoms with E-state index < -0.39 is 0 Å². The molecule has 1 amide bonds. The van der Waals surface area contributed by atoms with Crippen molar-refractivity contribution in [3.8, 4) is 5.75 Å². The Hall–Kier alpha value is -1.86. The van der Waals surface area contributed by atoms with E-state index in [0.29, 0.717) is 24.7 Å². The second-order valence-electron chi connectivity index (χ2n) is 6.13. The molecule has 0 bridgehead atoms. The second kappa shape index (κ2) is 11.1. The van der Waals surface area contributed by atoms with Crippen molar-refractivity contribution in [1.29, 1.82) is 0 Å². The Morgan fingerprint density at radius 1 is 1.33 bits per heavy atom. The zero-order chi connectivity index (χ0) is 18.2. The summed E-state index contributed by atoms with van der Waals surface area (Å²) in [6.07, 6.45) is 3.63. The van der Waals surface area contributed by atoms with Gasteiger partial charge in [-0.05, 0) is 35.9 Å². The first-order valence-electron chi connectivity index (χ1n) is 8.72. The molecule has 0 radical (unpaired) electrons. The molecule has 1 aliphatic heterocycles. The Labute approximate surface area is 170 Å². The molecule has 1 unspecified atom stereocenters. The molecule has 2 aromatic rings. The first-order chi connectivity index (χ1) is 12.7. The standard InChI is InChI=1S/C19H23ClN4O2.ClH/c20-16-3-5-17(6-4-16)26-11-9-23-19(25)14-24-10-8-22-13-18(24)15-2-1-7-21-12-15;/h1-7,12,18,22H,8-11,13-14H2,(H,23,25);1H. The zero-order valence-corrected chi connectivity index (χ0v) is 16.5. The number of hydrogen-bond donors (Lipinski definition) is 2. The van der Waals surface area contributed by atoms with Gasteiger partial charge in [-0.3, -0.25) is 14.7 Å². The highest BCUT2D eigenvalue weighted by Gasteiger charge is 2.25. The Kier molecular flexibility index (Phi) is 8.81. The first kappa shape index (κ1) is 21.4. The summed E-state index contributed by atoms with van der Waals surface area (Å²) in [5.41, 5.74) is 1.12. The van der Waals surface area contributed by atoms with E-state index in [2.05, 4.69) is 26.6 Å². The fourth-order valence-corrected chi connectivity index (χ4v) is 3.09. The van der Waals surface area contributed by atoms with Crippen LogP contribution in [-0.2, 0) is 4.79 Å². The maximum Gasteiger partial charge on any atom is 0.234 e. The number of benzene rings is 1. The Morgan fingerprint density at radius 2 is 2.15 bits per heavy atom. The van der Waals surface area contributed by atoms with Gasteiger partial charge in [0.25, 0.3) is 0 Å². The van der Waals surface area contributed by atoms with E-state index in [1.54, 1.807) is 18.3 Å². The van der Waals surface area contributed by atoms with Crippen LogP contribution in [0.1, 0.15) is 11.6 Å². The van der Waals surface area contributed by atoms with Crippen molar-refractivity contribution in [2.45, 2.75) is 6.04 Å². The second-order valence-corrected chi connectivity index (χ2v) is 6.57. The van der Waals surface area contributed by atoms with Crippen LogP contribution in [0.3, 0.4) is 0 Å². The lowest BCUT2D eigenvalue weighted by atomic mass is 10.1. The molecular formula is C19H24Cl2N4O2. The lowest BCUT2D eigenvalue weighted by molar-refractivity contribution is -0.123. The van der Waals surface area contributed by atoms with Crippen molar-refractivity contribution in [2.75, 3.05) is 39.3 Å². The number of pyridine rings is 1. The number of nitrogens with zero attached hydrogens (tertiary/aromatic N) is 2. The van der Waals surface area contributed by atoms with Gasteiger partial charge in [-0.1, -0.05) is 17.7 Å². The van der Waals surface area contributed by atoms with E-state index in [-0.39, 0.29) is 24.4 Å². The lowest BCUT2D eigenvalue weighted by Crippen LogP contribution is -2.49. The molecule has 6 nitrogen and oxygen atoms in total. The largest absolute Gasteiger partial charge is 0.492 e. The van der Waals surface area contributed by atoms with Gasteiger partial charge < -0.3 is 15.4 Å². The van der Waals surface area contributed by atoms with Gasteiger partial charge in [0, 0.05) is 43.1 Å². The topological polar surface area (TPSA) is 66.5 Å². The Bertz CT molecular complexity index is 701. The van der Waals surface area contributed by atoms with Crippen LogP contribution in [-0.4, -0.2) is 55.1 Å². The van der Waals surface area contributed by atoms with Crippen molar-refractivity contribution in [3.63, 3.8) is 0 Å². The van der Waals surface area contributed by atoms with E-state index in [0.717, 1.165) is 30.9 Å². The number of ether oxygens (including phenoxy) is 1. The summed E-state index contributed by atoms with van der Waals surface area (Å²) >= 11 is 5.84. The molecule has 0 saturated carbocycles. The van der Waals surface area contributed by atoms with Crippen LogP contribution in [0, 0.1) is 0 Å². The van der Waals surface area contributed by atoms with Gasteiger partial charge in [0.2, 0.25) is 5.91 Å². The quantitative estimate of drug-likeness (QED) is 0.685. The van der Waals surface area contributed by atoms with E-state index >= 15 is 0 Å². The third-order valence-electron chi connectivity index (χ3n) is 4.28. The van der Waals surface area contributed by atoms with E-state index in [1.807, 2.05) is 24.4 Å². The minimum absolute atomic E-state index is 0. The van der Waals surface area contributed by atoms with Crippen LogP contribution in [0.25, 0.3) is 0 Å². The number of hydrogen-bond acceptors (Lipinski definition) is 5. The minimum Gasteiger partial charge on any atom is -0.492 e. The van der Waals surface area contributed by atoms with Crippen LogP contribution in [0.5, 0.6) is 5.75 Å². The van der Waals surface area contributed by atoms with Crippen molar-refractivity contribution >= 4 is 29.9 Å². The molecule has 1 aromatic heterocycles. The average molecular weight is 411 g/mol. The molecule has 0 spiro atoms. The highest BCUT2D eigenvalue weighted by molar-refractivity contribution is 6.30. The van der Waals surface area contributed by atoms with Crippen molar-refractivity contribution in [2.24, 2.45) is 0 Å². The number of nitrogens with one attached hydrogen (secondary N) is 2. The van der Waals surface area contributed by atoms with Gasteiger partial charge in [0.15, 0.2) is 0 Å². The van der Waals surface area contributed by atoms with Gasteiger partial charge in [-0.25, -0.2) is 0 Å². The molecule has 0 aliphatic carbocycles. The zero-order valence-electron chi connectivity index (χ0n) is 14.9. The highest BCUT2D eigenvalue weighted by atomic mass is 35.5. The van der Waals surface area contributed by atoms with E-state index in [4.69, 9.17) is 16.3 Å². The summed E-state index contributed by atoms with van der Waals surface area (Å²) < 4.78 is 5.59. The molecule has 1 atom stereocenters. The smallest absolute Gasteiger partial charge is 0.234 e. The summed E-state index contributed by atoms with van der Waals surface area (Å²) in [4.78, 5) is 18.7. The highest BCUT2D eigenvalue weighted by Crippen LogP contribution is 2.20. The van der Waals surface area contributed by atoms with Gasteiger partial charge in [0.05, 0.1) is 13.1 Å². The van der Waals surface area contributed by atoms with Crippen molar-refractivity contribution in [3.05, 3.63) is 59.4 Å². The summed E-state index contributed by atoms with van der Waals surface area (Å²) in [6.45, 7) is 3.77. The number of halogens is 2. The fraction of sp³-hybridized carbons (Fsp3) is 0.368. The fourth-order valence-electron chi connectivity index (χ4n) is 2.97. The van der Waals surface area contributed by atoms with E-state index in [9.17, 15) is 4.79 Å². The van der Waals surface area contributed by atoms with Gasteiger partial charge >= 0.3 is 0 Å². The molecule has 2 heterocycles. The lowest BCUT2D eigenvalue weighted by Gasteiger charge is -2.35.